The summed E-state index contributed by atoms with van der Waals surface area (Å²) >= 11 is 18.1. The Hall–Kier alpha value is -0.690. The second-order valence-electron chi connectivity index (χ2n) is 4.12. The summed E-state index contributed by atoms with van der Waals surface area (Å²) in [7, 11) is 0. The van der Waals surface area contributed by atoms with E-state index in [0.717, 1.165) is 14.6 Å². The number of nitrogens with one attached hydrogen (secondary N) is 1. The van der Waals surface area contributed by atoms with Crippen molar-refractivity contribution in [3.05, 3.63) is 54.9 Å². The Labute approximate surface area is 140 Å². The van der Waals surface area contributed by atoms with Crippen LogP contribution in [0.25, 0.3) is 16.7 Å². The van der Waals surface area contributed by atoms with E-state index in [0.29, 0.717) is 15.8 Å². The van der Waals surface area contributed by atoms with Gasteiger partial charge in [-0.15, -0.1) is 0 Å². The molecular formula is C13H6Br2ClFN2S. The van der Waals surface area contributed by atoms with Gasteiger partial charge in [-0.25, -0.2) is 4.39 Å². The molecule has 0 saturated carbocycles. The van der Waals surface area contributed by atoms with Crippen LogP contribution in [0.1, 0.15) is 0 Å². The summed E-state index contributed by atoms with van der Waals surface area (Å²) in [5, 5.41) is 0.0621. The third-order valence-corrected chi connectivity index (χ3v) is 4.74. The van der Waals surface area contributed by atoms with Gasteiger partial charge in [-0.05, 0) is 62.3 Å². The van der Waals surface area contributed by atoms with E-state index in [1.807, 2.05) is 18.2 Å². The van der Waals surface area contributed by atoms with E-state index < -0.39 is 5.82 Å². The van der Waals surface area contributed by atoms with Crippen LogP contribution in [0.5, 0.6) is 0 Å². The zero-order valence-electron chi connectivity index (χ0n) is 9.75. The zero-order valence-corrected chi connectivity index (χ0v) is 14.5. The van der Waals surface area contributed by atoms with Crippen molar-refractivity contribution in [3.8, 4) is 5.69 Å². The zero-order chi connectivity index (χ0) is 14.4. The van der Waals surface area contributed by atoms with Gasteiger partial charge in [-0.3, -0.25) is 4.57 Å². The van der Waals surface area contributed by atoms with Crippen molar-refractivity contribution in [2.75, 3.05) is 0 Å². The lowest BCUT2D eigenvalue weighted by molar-refractivity contribution is 0.629. The van der Waals surface area contributed by atoms with E-state index in [4.69, 9.17) is 23.8 Å². The second-order valence-corrected chi connectivity index (χ2v) is 6.62. The van der Waals surface area contributed by atoms with Crippen LogP contribution >= 0.6 is 55.7 Å². The summed E-state index contributed by atoms with van der Waals surface area (Å²) in [5.41, 5.74) is 2.12. The minimum atomic E-state index is -0.481. The third-order valence-electron chi connectivity index (χ3n) is 2.89. The van der Waals surface area contributed by atoms with Gasteiger partial charge in [0.25, 0.3) is 0 Å². The summed E-state index contributed by atoms with van der Waals surface area (Å²) in [6, 6.07) is 8.59. The summed E-state index contributed by atoms with van der Waals surface area (Å²) < 4.78 is 17.7. The minimum Gasteiger partial charge on any atom is -0.330 e. The van der Waals surface area contributed by atoms with E-state index in [2.05, 4.69) is 36.8 Å². The Morgan fingerprint density at radius 1 is 1.20 bits per heavy atom. The van der Waals surface area contributed by atoms with Crippen molar-refractivity contribution in [2.45, 2.75) is 0 Å². The lowest BCUT2D eigenvalue weighted by Gasteiger charge is -2.10. The fourth-order valence-corrected chi connectivity index (χ4v) is 3.84. The topological polar surface area (TPSA) is 20.7 Å². The van der Waals surface area contributed by atoms with E-state index in [1.165, 1.54) is 12.1 Å². The van der Waals surface area contributed by atoms with Gasteiger partial charge in [0.1, 0.15) is 5.82 Å². The van der Waals surface area contributed by atoms with Crippen molar-refractivity contribution in [1.29, 1.82) is 0 Å². The van der Waals surface area contributed by atoms with Crippen molar-refractivity contribution in [2.24, 2.45) is 0 Å². The predicted molar refractivity (Wildman–Crippen MR) is 88.8 cm³/mol. The highest BCUT2D eigenvalue weighted by Crippen LogP contribution is 2.33. The monoisotopic (exact) mass is 434 g/mol. The average Bonchev–Trinajstić information content (AvgIpc) is 2.67. The maximum Gasteiger partial charge on any atom is 0.182 e. The van der Waals surface area contributed by atoms with Gasteiger partial charge < -0.3 is 4.98 Å². The highest BCUT2D eigenvalue weighted by Gasteiger charge is 2.14. The smallest absolute Gasteiger partial charge is 0.182 e. The Balaban J connectivity index is 2.46. The van der Waals surface area contributed by atoms with E-state index in [-0.39, 0.29) is 5.02 Å². The van der Waals surface area contributed by atoms with Crippen LogP contribution in [-0.4, -0.2) is 9.55 Å². The summed E-state index contributed by atoms with van der Waals surface area (Å²) in [4.78, 5) is 3.03. The van der Waals surface area contributed by atoms with Gasteiger partial charge >= 0.3 is 0 Å². The van der Waals surface area contributed by atoms with E-state index in [1.54, 1.807) is 4.57 Å². The number of H-pyrrole nitrogens is 1. The van der Waals surface area contributed by atoms with Gasteiger partial charge in [0.05, 0.1) is 21.7 Å². The molecule has 2 nitrogen and oxygen atoms in total. The highest BCUT2D eigenvalue weighted by atomic mass is 79.9. The summed E-state index contributed by atoms with van der Waals surface area (Å²) in [5.74, 6) is -0.481. The number of hydrogen-bond acceptors (Lipinski definition) is 1. The standard InChI is InChI=1S/C13H6Br2ClFN2S/c14-6-2-1-3-7(15)12(6)19-11-5-9(17)8(16)4-10(11)18-13(19)20/h1-5H,(H,18,20). The molecule has 1 N–H and O–H groups in total. The lowest BCUT2D eigenvalue weighted by Crippen LogP contribution is -1.97. The van der Waals surface area contributed by atoms with Crippen LogP contribution in [0.4, 0.5) is 4.39 Å². The molecule has 2 aromatic carbocycles. The number of para-hydroxylation sites is 1. The van der Waals surface area contributed by atoms with E-state index >= 15 is 0 Å². The SMILES string of the molecule is Fc1cc2c(cc1Cl)[nH]c(=S)n2-c1c(Br)cccc1Br. The van der Waals surface area contributed by atoms with Gasteiger partial charge in [-0.2, -0.15) is 0 Å². The lowest BCUT2D eigenvalue weighted by atomic mass is 10.2. The van der Waals surface area contributed by atoms with Crippen LogP contribution in [0.3, 0.4) is 0 Å². The fourth-order valence-electron chi connectivity index (χ4n) is 2.03. The van der Waals surface area contributed by atoms with Crippen LogP contribution in [0.2, 0.25) is 5.02 Å². The molecule has 0 amide bonds. The first-order valence-corrected chi connectivity index (χ1v) is 7.90. The molecule has 0 fully saturated rings. The van der Waals surface area contributed by atoms with Crippen LogP contribution in [-0.2, 0) is 0 Å². The molecule has 0 aliphatic rings. The van der Waals surface area contributed by atoms with Gasteiger partial charge in [-0.1, -0.05) is 17.7 Å². The summed E-state index contributed by atoms with van der Waals surface area (Å²) in [6.07, 6.45) is 0. The van der Waals surface area contributed by atoms with Crippen LogP contribution in [0.15, 0.2) is 39.3 Å². The Kier molecular flexibility index (Phi) is 3.75. The number of nitrogens with zero attached hydrogens (tertiary/aromatic N) is 1. The van der Waals surface area contributed by atoms with Crippen molar-refractivity contribution in [1.82, 2.24) is 9.55 Å². The van der Waals surface area contributed by atoms with Crippen LogP contribution in [0, 0.1) is 10.6 Å². The number of rotatable bonds is 1. The first-order valence-electron chi connectivity index (χ1n) is 5.53. The largest absolute Gasteiger partial charge is 0.330 e. The molecule has 1 aromatic heterocycles. The molecule has 20 heavy (non-hydrogen) atoms. The van der Waals surface area contributed by atoms with Crippen LogP contribution < -0.4 is 0 Å². The molecule has 0 radical (unpaired) electrons. The second kappa shape index (κ2) is 5.26. The summed E-state index contributed by atoms with van der Waals surface area (Å²) in [6.45, 7) is 0. The molecular weight excluding hydrogens is 430 g/mol. The number of fused-ring (bicyclic) bond motifs is 1. The molecule has 3 aromatic rings. The Morgan fingerprint density at radius 2 is 1.85 bits per heavy atom. The maximum atomic E-state index is 13.7. The molecule has 3 rings (SSSR count). The van der Waals surface area contributed by atoms with Gasteiger partial charge in [0, 0.05) is 15.0 Å². The Morgan fingerprint density at radius 3 is 2.50 bits per heavy atom. The van der Waals surface area contributed by atoms with Gasteiger partial charge in [0.15, 0.2) is 4.77 Å². The number of halogens is 4. The molecule has 0 bridgehead atoms. The fraction of sp³-hybridized carbons (Fsp3) is 0. The minimum absolute atomic E-state index is 0.0621. The normalized spacial score (nSPS) is 11.2. The van der Waals surface area contributed by atoms with Crippen molar-refractivity contribution >= 4 is 66.7 Å². The number of hydrogen-bond donors (Lipinski definition) is 1. The number of aromatic nitrogens is 2. The quantitative estimate of drug-likeness (QED) is 0.464. The molecule has 0 aliphatic heterocycles. The molecule has 0 aliphatic carbocycles. The van der Waals surface area contributed by atoms with Crippen molar-refractivity contribution in [3.63, 3.8) is 0 Å². The third kappa shape index (κ3) is 2.24. The van der Waals surface area contributed by atoms with Gasteiger partial charge in [0.2, 0.25) is 0 Å². The molecule has 0 unspecified atom stereocenters. The average molecular weight is 437 g/mol. The first-order chi connectivity index (χ1) is 9.49. The van der Waals surface area contributed by atoms with Crippen molar-refractivity contribution < 1.29 is 4.39 Å². The molecule has 102 valence electrons. The number of imidazole rings is 1. The maximum absolute atomic E-state index is 13.7. The first kappa shape index (κ1) is 14.3. The molecule has 0 spiro atoms. The van der Waals surface area contributed by atoms with E-state index in [9.17, 15) is 4.39 Å². The molecule has 1 heterocycles. The highest BCUT2D eigenvalue weighted by molar-refractivity contribution is 9.11. The molecule has 7 heteroatoms. The predicted octanol–water partition coefficient (Wildman–Crippen LogP) is 6.01. The number of aromatic amines is 1. The molecule has 0 atom stereocenters. The Bertz CT molecular complexity index is 868. The number of benzene rings is 2. The molecule has 0 saturated heterocycles.